The van der Waals surface area contributed by atoms with Crippen LogP contribution in [0.15, 0.2) is 47.8 Å². The number of aliphatic imine (C=N–C) groups is 1. The van der Waals surface area contributed by atoms with E-state index in [-0.39, 0.29) is 24.0 Å². The summed E-state index contributed by atoms with van der Waals surface area (Å²) in [5, 5.41) is 4.10. The van der Waals surface area contributed by atoms with Crippen LogP contribution < -0.4 is 5.32 Å². The Morgan fingerprint density at radius 3 is 2.81 bits per heavy atom. The van der Waals surface area contributed by atoms with E-state index in [9.17, 15) is 0 Å². The minimum Gasteiger partial charge on any atom is -0.357 e. The Balaban J connectivity index is 0.00000261. The molecule has 0 atom stereocenters. The molecule has 27 heavy (non-hydrogen) atoms. The Kier molecular flexibility index (Phi) is 7.97. The Morgan fingerprint density at radius 1 is 1.33 bits per heavy atom. The number of hydrogen-bond acceptors (Lipinski definition) is 2. The number of nitrogens with one attached hydrogen (secondary N) is 1. The van der Waals surface area contributed by atoms with Gasteiger partial charge in [0.25, 0.3) is 0 Å². The van der Waals surface area contributed by atoms with E-state index >= 15 is 0 Å². The topological polar surface area (TPSA) is 49.9 Å². The van der Waals surface area contributed by atoms with Gasteiger partial charge in [-0.3, -0.25) is 4.99 Å². The van der Waals surface area contributed by atoms with Gasteiger partial charge in [0.1, 0.15) is 5.65 Å². The highest BCUT2D eigenvalue weighted by Crippen LogP contribution is 2.14. The quantitative estimate of drug-likeness (QED) is 0.320. The molecule has 0 radical (unpaired) electrons. The van der Waals surface area contributed by atoms with E-state index in [0.29, 0.717) is 6.54 Å². The molecule has 3 aromatic heterocycles. The van der Waals surface area contributed by atoms with Crippen molar-refractivity contribution in [1.29, 1.82) is 0 Å². The van der Waals surface area contributed by atoms with Gasteiger partial charge in [0, 0.05) is 57.9 Å². The number of imidazole rings is 1. The van der Waals surface area contributed by atoms with Crippen LogP contribution in [-0.4, -0.2) is 44.9 Å². The molecule has 0 aliphatic rings. The molecule has 0 fully saturated rings. The largest absolute Gasteiger partial charge is 0.357 e. The monoisotopic (exact) mass is 500 g/mol. The first-order chi connectivity index (χ1) is 12.6. The van der Waals surface area contributed by atoms with Crippen molar-refractivity contribution >= 4 is 47.2 Å². The van der Waals surface area contributed by atoms with Crippen LogP contribution in [0.5, 0.6) is 0 Å². The average Bonchev–Trinajstić information content (AvgIpc) is 3.16. The zero-order valence-corrected chi connectivity index (χ0v) is 19.0. The van der Waals surface area contributed by atoms with E-state index in [2.05, 4.69) is 28.3 Å². The number of guanidine groups is 1. The van der Waals surface area contributed by atoms with Crippen molar-refractivity contribution in [3.8, 4) is 0 Å². The van der Waals surface area contributed by atoms with E-state index in [1.807, 2.05) is 59.7 Å². The van der Waals surface area contributed by atoms with Crippen molar-refractivity contribution in [2.75, 3.05) is 20.1 Å². The van der Waals surface area contributed by atoms with Gasteiger partial charge in [0.2, 0.25) is 0 Å². The van der Waals surface area contributed by atoms with Gasteiger partial charge in [-0.2, -0.15) is 0 Å². The second-order valence-corrected chi connectivity index (χ2v) is 6.74. The van der Waals surface area contributed by atoms with Crippen LogP contribution in [0, 0.1) is 0 Å². The lowest BCUT2D eigenvalue weighted by atomic mass is 10.3. The van der Waals surface area contributed by atoms with E-state index in [0.717, 1.165) is 47.5 Å². The fourth-order valence-corrected chi connectivity index (χ4v) is 3.17. The normalized spacial score (nSPS) is 11.5. The molecule has 0 unspecified atom stereocenters. The summed E-state index contributed by atoms with van der Waals surface area (Å²) in [4.78, 5) is 11.5. The fourth-order valence-electron chi connectivity index (χ4n) is 2.89. The number of nitrogens with zero attached hydrogens (tertiary/aromatic N) is 5. The molecule has 3 aromatic rings. The van der Waals surface area contributed by atoms with Gasteiger partial charge in [-0.05, 0) is 25.1 Å². The molecule has 0 aromatic carbocycles. The molecule has 0 aliphatic carbocycles. The summed E-state index contributed by atoms with van der Waals surface area (Å²) in [6, 6.07) is 8.00. The number of halogens is 2. The van der Waals surface area contributed by atoms with Crippen LogP contribution in [0.2, 0.25) is 5.02 Å². The first kappa shape index (κ1) is 21.6. The molecule has 0 bridgehead atoms. The average molecular weight is 501 g/mol. The molecular weight excluding hydrogens is 475 g/mol. The van der Waals surface area contributed by atoms with Crippen molar-refractivity contribution in [1.82, 2.24) is 24.2 Å². The molecule has 6 nitrogen and oxygen atoms in total. The van der Waals surface area contributed by atoms with Crippen LogP contribution in [0.1, 0.15) is 18.3 Å². The van der Waals surface area contributed by atoms with Crippen LogP contribution in [-0.2, 0) is 20.0 Å². The van der Waals surface area contributed by atoms with E-state index in [4.69, 9.17) is 16.6 Å². The van der Waals surface area contributed by atoms with Crippen molar-refractivity contribution in [3.05, 3.63) is 59.3 Å². The number of pyridine rings is 1. The fraction of sp³-hybridized carbons (Fsp3) is 0.368. The molecule has 146 valence electrons. The number of aromatic nitrogens is 3. The van der Waals surface area contributed by atoms with E-state index in [1.165, 1.54) is 0 Å². The minimum atomic E-state index is 0. The third-order valence-corrected chi connectivity index (χ3v) is 4.42. The second kappa shape index (κ2) is 9.98. The summed E-state index contributed by atoms with van der Waals surface area (Å²) in [5.74, 6) is 0.883. The molecule has 0 saturated carbocycles. The van der Waals surface area contributed by atoms with Crippen LogP contribution in [0.4, 0.5) is 0 Å². The highest BCUT2D eigenvalue weighted by molar-refractivity contribution is 14.0. The summed E-state index contributed by atoms with van der Waals surface area (Å²) < 4.78 is 4.08. The SMILES string of the molecule is CCNC(=NCCc1cn2ccccc2n1)N(C)Cc1cc(Cl)cn1C.I. The first-order valence-corrected chi connectivity index (χ1v) is 9.17. The molecule has 3 rings (SSSR count). The number of hydrogen-bond donors (Lipinski definition) is 1. The lowest BCUT2D eigenvalue weighted by molar-refractivity contribution is 0.462. The number of fused-ring (bicyclic) bond motifs is 1. The van der Waals surface area contributed by atoms with Gasteiger partial charge >= 0.3 is 0 Å². The van der Waals surface area contributed by atoms with Crippen molar-refractivity contribution in [3.63, 3.8) is 0 Å². The maximum absolute atomic E-state index is 6.08. The molecular formula is C19H26ClIN6. The van der Waals surface area contributed by atoms with Crippen LogP contribution in [0.3, 0.4) is 0 Å². The number of aryl methyl sites for hydroxylation is 1. The van der Waals surface area contributed by atoms with Crippen LogP contribution in [0.25, 0.3) is 5.65 Å². The van der Waals surface area contributed by atoms with Crippen molar-refractivity contribution in [2.45, 2.75) is 19.9 Å². The predicted molar refractivity (Wildman–Crippen MR) is 122 cm³/mol. The Hall–Kier alpha value is -1.74. The Labute approximate surface area is 182 Å². The molecule has 0 saturated heterocycles. The summed E-state index contributed by atoms with van der Waals surface area (Å²) >= 11 is 6.08. The highest BCUT2D eigenvalue weighted by atomic mass is 127. The zero-order valence-electron chi connectivity index (χ0n) is 15.9. The maximum Gasteiger partial charge on any atom is 0.194 e. The van der Waals surface area contributed by atoms with E-state index < -0.39 is 0 Å². The standard InChI is InChI=1S/C19H25ClN6.HI/c1-4-21-19(25(3)14-17-11-15(20)12-24(17)2)22-9-8-16-13-26-10-6-5-7-18(26)23-16;/h5-7,10-13H,4,8-9,14H2,1-3H3,(H,21,22);1H. The lowest BCUT2D eigenvalue weighted by Crippen LogP contribution is -2.39. The molecule has 3 heterocycles. The van der Waals surface area contributed by atoms with Gasteiger partial charge in [0.15, 0.2) is 5.96 Å². The second-order valence-electron chi connectivity index (χ2n) is 6.30. The van der Waals surface area contributed by atoms with Crippen molar-refractivity contribution < 1.29 is 0 Å². The smallest absolute Gasteiger partial charge is 0.194 e. The Bertz CT molecular complexity index is 868. The van der Waals surface area contributed by atoms with Crippen LogP contribution >= 0.6 is 35.6 Å². The van der Waals surface area contributed by atoms with Gasteiger partial charge in [0.05, 0.1) is 17.3 Å². The van der Waals surface area contributed by atoms with E-state index in [1.54, 1.807) is 0 Å². The van der Waals surface area contributed by atoms with Gasteiger partial charge in [-0.15, -0.1) is 24.0 Å². The summed E-state index contributed by atoms with van der Waals surface area (Å²) in [6.45, 7) is 4.32. The third-order valence-electron chi connectivity index (χ3n) is 4.21. The molecule has 8 heteroatoms. The molecule has 0 amide bonds. The third kappa shape index (κ3) is 5.62. The molecule has 0 spiro atoms. The lowest BCUT2D eigenvalue weighted by Gasteiger charge is -2.22. The van der Waals surface area contributed by atoms with Gasteiger partial charge in [-0.1, -0.05) is 17.7 Å². The highest BCUT2D eigenvalue weighted by Gasteiger charge is 2.10. The minimum absolute atomic E-state index is 0. The maximum atomic E-state index is 6.08. The van der Waals surface area contributed by atoms with Gasteiger partial charge in [-0.25, -0.2) is 4.98 Å². The summed E-state index contributed by atoms with van der Waals surface area (Å²) in [5.41, 5.74) is 3.16. The zero-order chi connectivity index (χ0) is 18.5. The first-order valence-electron chi connectivity index (χ1n) is 8.79. The Morgan fingerprint density at radius 2 is 2.15 bits per heavy atom. The molecule has 1 N–H and O–H groups in total. The summed E-state index contributed by atoms with van der Waals surface area (Å²) in [6.07, 6.45) is 6.80. The summed E-state index contributed by atoms with van der Waals surface area (Å²) in [7, 11) is 4.04. The van der Waals surface area contributed by atoms with Gasteiger partial charge < -0.3 is 19.2 Å². The van der Waals surface area contributed by atoms with Crippen molar-refractivity contribution in [2.24, 2.45) is 12.0 Å². The molecule has 0 aliphatic heterocycles. The predicted octanol–water partition coefficient (Wildman–Crippen LogP) is 3.58. The number of rotatable bonds is 6.